The van der Waals surface area contributed by atoms with Crippen molar-refractivity contribution >= 4 is 11.9 Å². The van der Waals surface area contributed by atoms with Crippen LogP contribution in [0.3, 0.4) is 0 Å². The van der Waals surface area contributed by atoms with Gasteiger partial charge in [0.25, 0.3) is 0 Å². The van der Waals surface area contributed by atoms with E-state index in [1.807, 2.05) is 0 Å². The van der Waals surface area contributed by atoms with Crippen molar-refractivity contribution in [2.75, 3.05) is 19.6 Å². The molecule has 0 bridgehead atoms. The lowest BCUT2D eigenvalue weighted by Gasteiger charge is -2.20. The third-order valence-electron chi connectivity index (χ3n) is 2.02. The van der Waals surface area contributed by atoms with E-state index in [-0.39, 0.29) is 13.0 Å². The molecule has 0 aliphatic heterocycles. The summed E-state index contributed by atoms with van der Waals surface area (Å²) in [6.45, 7) is 4.96. The third-order valence-corrected chi connectivity index (χ3v) is 2.02. The van der Waals surface area contributed by atoms with Crippen LogP contribution in [0.2, 0.25) is 0 Å². The Kier molecular flexibility index (Phi) is 6.70. The fourth-order valence-corrected chi connectivity index (χ4v) is 1.16. The van der Waals surface area contributed by atoms with Gasteiger partial charge in [-0.1, -0.05) is 13.8 Å². The molecule has 88 valence electrons. The summed E-state index contributed by atoms with van der Waals surface area (Å²) < 4.78 is 0. The van der Waals surface area contributed by atoms with E-state index in [0.717, 1.165) is 6.42 Å². The van der Waals surface area contributed by atoms with Gasteiger partial charge in [-0.15, -0.1) is 0 Å². The molecule has 0 aromatic carbocycles. The van der Waals surface area contributed by atoms with Gasteiger partial charge in [0.05, 0.1) is 13.0 Å². The molecule has 0 aromatic heterocycles. The van der Waals surface area contributed by atoms with Crippen LogP contribution in [0.1, 0.15) is 26.7 Å². The van der Waals surface area contributed by atoms with E-state index in [9.17, 15) is 9.59 Å². The molecule has 2 N–H and O–H groups in total. The SMILES string of the molecule is CC(C)CCN(CCC(=O)O)CC(=O)O. The number of carbonyl (C=O) groups is 2. The molecule has 5 heteroatoms. The van der Waals surface area contributed by atoms with Crippen LogP contribution >= 0.6 is 0 Å². The molecule has 0 heterocycles. The van der Waals surface area contributed by atoms with Gasteiger partial charge in [0.2, 0.25) is 0 Å². The summed E-state index contributed by atoms with van der Waals surface area (Å²) in [5, 5.41) is 17.1. The zero-order valence-electron chi connectivity index (χ0n) is 9.27. The molecule has 0 aliphatic carbocycles. The number of nitrogens with zero attached hydrogens (tertiary/aromatic N) is 1. The van der Waals surface area contributed by atoms with Gasteiger partial charge in [-0.2, -0.15) is 0 Å². The minimum Gasteiger partial charge on any atom is -0.481 e. The zero-order chi connectivity index (χ0) is 11.8. The van der Waals surface area contributed by atoms with Gasteiger partial charge in [-0.25, -0.2) is 0 Å². The number of hydrogen-bond acceptors (Lipinski definition) is 3. The Morgan fingerprint density at radius 2 is 1.73 bits per heavy atom. The molecule has 0 fully saturated rings. The lowest BCUT2D eigenvalue weighted by atomic mass is 10.1. The number of hydrogen-bond donors (Lipinski definition) is 2. The van der Waals surface area contributed by atoms with Crippen LogP contribution in [0.4, 0.5) is 0 Å². The minimum atomic E-state index is -0.913. The summed E-state index contributed by atoms with van der Waals surface area (Å²) in [6.07, 6.45) is 0.873. The molecule has 0 spiro atoms. The maximum Gasteiger partial charge on any atom is 0.317 e. The minimum absolute atomic E-state index is 0.00856. The maximum absolute atomic E-state index is 10.5. The number of carboxylic acid groups (broad SMARTS) is 2. The van der Waals surface area contributed by atoms with E-state index in [4.69, 9.17) is 10.2 Å². The van der Waals surface area contributed by atoms with E-state index < -0.39 is 11.9 Å². The van der Waals surface area contributed by atoms with Gasteiger partial charge < -0.3 is 10.2 Å². The second-order valence-corrected chi connectivity index (χ2v) is 4.00. The van der Waals surface area contributed by atoms with E-state index in [1.165, 1.54) is 0 Å². The smallest absolute Gasteiger partial charge is 0.317 e. The molecule has 0 saturated carbocycles. The molecule has 0 atom stereocenters. The Morgan fingerprint density at radius 3 is 2.13 bits per heavy atom. The summed E-state index contributed by atoms with van der Waals surface area (Å²) in [7, 11) is 0. The fraction of sp³-hybridized carbons (Fsp3) is 0.800. The number of rotatable bonds is 8. The number of carboxylic acids is 2. The standard InChI is InChI=1S/C10H19NO4/c1-8(2)3-5-11(7-10(14)15)6-4-9(12)13/h8H,3-7H2,1-2H3,(H,12,13)(H,14,15). The molecule has 0 aromatic rings. The van der Waals surface area contributed by atoms with Crippen molar-refractivity contribution in [3.05, 3.63) is 0 Å². The Morgan fingerprint density at radius 1 is 1.13 bits per heavy atom. The first kappa shape index (κ1) is 13.9. The Bertz CT molecular complexity index is 215. The van der Waals surface area contributed by atoms with Gasteiger partial charge in [-0.3, -0.25) is 14.5 Å². The van der Waals surface area contributed by atoms with E-state index in [1.54, 1.807) is 4.90 Å². The second kappa shape index (κ2) is 7.23. The molecule has 0 radical (unpaired) electrons. The van der Waals surface area contributed by atoms with E-state index in [0.29, 0.717) is 19.0 Å². The van der Waals surface area contributed by atoms with Crippen LogP contribution in [-0.4, -0.2) is 46.7 Å². The summed E-state index contributed by atoms with van der Waals surface area (Å²) in [5.41, 5.74) is 0. The summed E-state index contributed by atoms with van der Waals surface area (Å²) >= 11 is 0. The molecule has 15 heavy (non-hydrogen) atoms. The van der Waals surface area contributed by atoms with Crippen LogP contribution in [0.25, 0.3) is 0 Å². The Labute approximate surface area is 89.7 Å². The third kappa shape index (κ3) is 9.21. The predicted octanol–water partition coefficient (Wildman–Crippen LogP) is 0.894. The lowest BCUT2D eigenvalue weighted by molar-refractivity contribution is -0.141. The molecule has 0 amide bonds. The van der Waals surface area contributed by atoms with Crippen LogP contribution in [0.5, 0.6) is 0 Å². The molecule has 0 aliphatic rings. The van der Waals surface area contributed by atoms with Crippen LogP contribution in [-0.2, 0) is 9.59 Å². The summed E-state index contributed by atoms with van der Waals surface area (Å²) in [6, 6.07) is 0. The quantitative estimate of drug-likeness (QED) is 0.631. The van der Waals surface area contributed by atoms with Gasteiger partial charge in [0.1, 0.15) is 0 Å². The second-order valence-electron chi connectivity index (χ2n) is 4.00. The highest BCUT2D eigenvalue weighted by molar-refractivity contribution is 5.69. The predicted molar refractivity (Wildman–Crippen MR) is 55.8 cm³/mol. The van der Waals surface area contributed by atoms with Gasteiger partial charge in [0.15, 0.2) is 0 Å². The monoisotopic (exact) mass is 217 g/mol. The highest BCUT2D eigenvalue weighted by atomic mass is 16.4. The van der Waals surface area contributed by atoms with Gasteiger partial charge >= 0.3 is 11.9 Å². The lowest BCUT2D eigenvalue weighted by Crippen LogP contribution is -2.33. The number of aliphatic carboxylic acids is 2. The topological polar surface area (TPSA) is 77.8 Å². The Hall–Kier alpha value is -1.10. The van der Waals surface area contributed by atoms with Crippen molar-refractivity contribution < 1.29 is 19.8 Å². The average molecular weight is 217 g/mol. The first-order valence-corrected chi connectivity index (χ1v) is 5.07. The molecule has 0 saturated heterocycles. The van der Waals surface area contributed by atoms with Crippen molar-refractivity contribution in [2.45, 2.75) is 26.7 Å². The first-order chi connectivity index (χ1) is 6.91. The average Bonchev–Trinajstić information content (AvgIpc) is 2.08. The van der Waals surface area contributed by atoms with E-state index >= 15 is 0 Å². The highest BCUT2D eigenvalue weighted by Crippen LogP contribution is 2.02. The highest BCUT2D eigenvalue weighted by Gasteiger charge is 2.11. The van der Waals surface area contributed by atoms with Crippen molar-refractivity contribution in [3.8, 4) is 0 Å². The van der Waals surface area contributed by atoms with Crippen molar-refractivity contribution in [2.24, 2.45) is 5.92 Å². The van der Waals surface area contributed by atoms with Crippen LogP contribution < -0.4 is 0 Å². The zero-order valence-corrected chi connectivity index (χ0v) is 9.27. The van der Waals surface area contributed by atoms with Gasteiger partial charge in [0, 0.05) is 6.54 Å². The van der Waals surface area contributed by atoms with Crippen LogP contribution in [0.15, 0.2) is 0 Å². The van der Waals surface area contributed by atoms with Gasteiger partial charge in [-0.05, 0) is 18.9 Å². The fourth-order valence-electron chi connectivity index (χ4n) is 1.16. The Balaban J connectivity index is 3.94. The molecule has 0 unspecified atom stereocenters. The van der Waals surface area contributed by atoms with E-state index in [2.05, 4.69) is 13.8 Å². The summed E-state index contributed by atoms with van der Waals surface area (Å²) in [5.74, 6) is -1.31. The molecule has 5 nitrogen and oxygen atoms in total. The molecular weight excluding hydrogens is 198 g/mol. The summed E-state index contributed by atoms with van der Waals surface area (Å²) in [4.78, 5) is 22.5. The normalized spacial score (nSPS) is 10.9. The maximum atomic E-state index is 10.5. The van der Waals surface area contributed by atoms with Crippen molar-refractivity contribution in [1.29, 1.82) is 0 Å². The molecule has 0 rings (SSSR count). The van der Waals surface area contributed by atoms with Crippen LogP contribution in [0, 0.1) is 5.92 Å². The van der Waals surface area contributed by atoms with Crippen molar-refractivity contribution in [1.82, 2.24) is 4.90 Å². The largest absolute Gasteiger partial charge is 0.481 e. The molecular formula is C10H19NO4. The van der Waals surface area contributed by atoms with Crippen molar-refractivity contribution in [3.63, 3.8) is 0 Å². The first-order valence-electron chi connectivity index (χ1n) is 5.07.